The number of nitrogens with two attached hydrogens (primary N) is 1. The summed E-state index contributed by atoms with van der Waals surface area (Å²) < 4.78 is 0. The smallest absolute Gasteiger partial charge is 0.0218 e. The number of hydrogen-bond donors (Lipinski definition) is 1. The molecule has 0 aliphatic carbocycles. The van der Waals surface area contributed by atoms with Gasteiger partial charge in [0.2, 0.25) is 0 Å². The molecule has 0 radical (unpaired) electrons. The van der Waals surface area contributed by atoms with Crippen molar-refractivity contribution in [3.05, 3.63) is 0 Å². The Morgan fingerprint density at radius 2 is 1.93 bits per heavy atom. The van der Waals surface area contributed by atoms with Crippen LogP contribution in [0.25, 0.3) is 0 Å². The molecule has 0 amide bonds. The minimum absolute atomic E-state index is 0.314. The number of nitrogens with zero attached hydrogens (tertiary/aromatic N) is 2. The van der Waals surface area contributed by atoms with Crippen molar-refractivity contribution < 1.29 is 0 Å². The predicted octanol–water partition coefficient (Wildman–Crippen LogP) is 1.14. The molecule has 0 saturated carbocycles. The molecular weight excluding hydrogens is 186 g/mol. The lowest BCUT2D eigenvalue weighted by Gasteiger charge is -2.40. The fourth-order valence-corrected chi connectivity index (χ4v) is 2.38. The maximum absolute atomic E-state index is 6.10. The van der Waals surface area contributed by atoms with E-state index >= 15 is 0 Å². The predicted molar refractivity (Wildman–Crippen MR) is 66.0 cm³/mol. The number of rotatable bonds is 4. The van der Waals surface area contributed by atoms with E-state index in [9.17, 15) is 0 Å². The van der Waals surface area contributed by atoms with Crippen molar-refractivity contribution in [3.8, 4) is 0 Å². The Hall–Kier alpha value is -0.120. The summed E-state index contributed by atoms with van der Waals surface area (Å²) in [6.45, 7) is 6.88. The lowest BCUT2D eigenvalue weighted by Crippen LogP contribution is -2.51. The van der Waals surface area contributed by atoms with Crippen LogP contribution in [0.15, 0.2) is 0 Å². The summed E-state index contributed by atoms with van der Waals surface area (Å²) >= 11 is 0. The van der Waals surface area contributed by atoms with Gasteiger partial charge in [0.1, 0.15) is 0 Å². The van der Waals surface area contributed by atoms with Gasteiger partial charge in [-0.1, -0.05) is 6.92 Å². The van der Waals surface area contributed by atoms with Crippen LogP contribution in [0.2, 0.25) is 0 Å². The molecule has 1 fully saturated rings. The number of piperidine rings is 1. The van der Waals surface area contributed by atoms with Crippen LogP contribution in [0.1, 0.15) is 33.1 Å². The molecule has 3 nitrogen and oxygen atoms in total. The lowest BCUT2D eigenvalue weighted by molar-refractivity contribution is 0.101. The first-order chi connectivity index (χ1) is 7.06. The lowest BCUT2D eigenvalue weighted by atomic mass is 9.99. The molecule has 1 heterocycles. The fourth-order valence-electron chi connectivity index (χ4n) is 2.38. The molecule has 0 spiro atoms. The zero-order chi connectivity index (χ0) is 11.4. The van der Waals surface area contributed by atoms with Gasteiger partial charge in [-0.15, -0.1) is 0 Å². The summed E-state index contributed by atoms with van der Waals surface area (Å²) in [5.74, 6) is 0. The molecule has 90 valence electrons. The van der Waals surface area contributed by atoms with E-state index in [1.165, 1.54) is 25.9 Å². The zero-order valence-corrected chi connectivity index (χ0v) is 10.7. The Morgan fingerprint density at radius 3 is 2.40 bits per heavy atom. The van der Waals surface area contributed by atoms with E-state index < -0.39 is 0 Å². The SMILES string of the molecule is CCC(N)C(C)N(C)C1CCN(C)CC1. The van der Waals surface area contributed by atoms with Gasteiger partial charge >= 0.3 is 0 Å². The van der Waals surface area contributed by atoms with Crippen molar-refractivity contribution in [2.24, 2.45) is 5.73 Å². The summed E-state index contributed by atoms with van der Waals surface area (Å²) in [5, 5.41) is 0. The molecule has 2 unspecified atom stereocenters. The minimum Gasteiger partial charge on any atom is -0.326 e. The van der Waals surface area contributed by atoms with Gasteiger partial charge in [0, 0.05) is 18.1 Å². The van der Waals surface area contributed by atoms with Gasteiger partial charge in [0.25, 0.3) is 0 Å². The van der Waals surface area contributed by atoms with Gasteiger partial charge in [-0.2, -0.15) is 0 Å². The Labute approximate surface area is 94.6 Å². The maximum Gasteiger partial charge on any atom is 0.0218 e. The molecule has 0 aromatic heterocycles. The summed E-state index contributed by atoms with van der Waals surface area (Å²) in [7, 11) is 4.44. The van der Waals surface area contributed by atoms with Crippen LogP contribution in [0, 0.1) is 0 Å². The fraction of sp³-hybridized carbons (Fsp3) is 1.00. The second-order valence-electron chi connectivity index (χ2n) is 5.01. The highest BCUT2D eigenvalue weighted by atomic mass is 15.2. The van der Waals surface area contributed by atoms with E-state index in [1.54, 1.807) is 0 Å². The Kier molecular flexibility index (Phi) is 5.03. The molecule has 2 atom stereocenters. The van der Waals surface area contributed by atoms with Crippen LogP contribution in [0.3, 0.4) is 0 Å². The Morgan fingerprint density at radius 1 is 1.40 bits per heavy atom. The largest absolute Gasteiger partial charge is 0.326 e. The third-order valence-electron chi connectivity index (χ3n) is 4.00. The molecule has 1 rings (SSSR count). The summed E-state index contributed by atoms with van der Waals surface area (Å²) in [4.78, 5) is 4.90. The van der Waals surface area contributed by atoms with Crippen LogP contribution in [-0.4, -0.2) is 55.1 Å². The highest BCUT2D eigenvalue weighted by Crippen LogP contribution is 2.17. The third kappa shape index (κ3) is 3.44. The monoisotopic (exact) mass is 213 g/mol. The van der Waals surface area contributed by atoms with Crippen molar-refractivity contribution in [1.29, 1.82) is 0 Å². The standard InChI is InChI=1S/C12H27N3/c1-5-12(13)10(2)15(4)11-6-8-14(3)9-7-11/h10-12H,5-9,13H2,1-4H3. The van der Waals surface area contributed by atoms with Crippen molar-refractivity contribution in [2.45, 2.75) is 51.2 Å². The highest BCUT2D eigenvalue weighted by Gasteiger charge is 2.25. The van der Waals surface area contributed by atoms with Crippen LogP contribution >= 0.6 is 0 Å². The second-order valence-corrected chi connectivity index (χ2v) is 5.01. The van der Waals surface area contributed by atoms with Crippen LogP contribution in [0.5, 0.6) is 0 Å². The van der Waals surface area contributed by atoms with Crippen LogP contribution < -0.4 is 5.73 Å². The Balaban J connectivity index is 2.42. The molecule has 0 aromatic rings. The molecule has 1 aliphatic heterocycles. The van der Waals surface area contributed by atoms with Gasteiger partial charge in [-0.05, 0) is 53.4 Å². The molecule has 1 saturated heterocycles. The highest BCUT2D eigenvalue weighted by molar-refractivity contribution is 4.83. The van der Waals surface area contributed by atoms with Gasteiger partial charge in [-0.3, -0.25) is 4.90 Å². The Bertz CT molecular complexity index is 176. The van der Waals surface area contributed by atoms with E-state index in [0.29, 0.717) is 12.1 Å². The summed E-state index contributed by atoms with van der Waals surface area (Å²) in [5.41, 5.74) is 6.10. The van der Waals surface area contributed by atoms with Crippen LogP contribution in [0.4, 0.5) is 0 Å². The van der Waals surface area contributed by atoms with Crippen LogP contribution in [-0.2, 0) is 0 Å². The first kappa shape index (κ1) is 12.9. The van der Waals surface area contributed by atoms with Crippen molar-refractivity contribution in [3.63, 3.8) is 0 Å². The van der Waals surface area contributed by atoms with E-state index in [-0.39, 0.29) is 0 Å². The first-order valence-corrected chi connectivity index (χ1v) is 6.22. The molecule has 3 heteroatoms. The second kappa shape index (κ2) is 5.83. The van der Waals surface area contributed by atoms with Crippen molar-refractivity contribution in [1.82, 2.24) is 9.80 Å². The average Bonchev–Trinajstić information content (AvgIpc) is 2.27. The topological polar surface area (TPSA) is 32.5 Å². The molecular formula is C12H27N3. The van der Waals surface area contributed by atoms with Crippen molar-refractivity contribution >= 4 is 0 Å². The number of likely N-dealkylation sites (N-methyl/N-ethyl adjacent to an activating group) is 1. The normalized spacial score (nSPS) is 24.4. The molecule has 15 heavy (non-hydrogen) atoms. The third-order valence-corrected chi connectivity index (χ3v) is 4.00. The molecule has 0 aromatic carbocycles. The quantitative estimate of drug-likeness (QED) is 0.760. The van der Waals surface area contributed by atoms with Gasteiger partial charge < -0.3 is 10.6 Å². The molecule has 1 aliphatic rings. The van der Waals surface area contributed by atoms with E-state index in [4.69, 9.17) is 5.73 Å². The minimum atomic E-state index is 0.314. The number of hydrogen-bond acceptors (Lipinski definition) is 3. The zero-order valence-electron chi connectivity index (χ0n) is 10.7. The van der Waals surface area contributed by atoms with Gasteiger partial charge in [0.05, 0.1) is 0 Å². The van der Waals surface area contributed by atoms with E-state index in [2.05, 4.69) is 37.7 Å². The van der Waals surface area contributed by atoms with E-state index in [0.717, 1.165) is 12.5 Å². The maximum atomic E-state index is 6.10. The first-order valence-electron chi connectivity index (χ1n) is 6.22. The summed E-state index contributed by atoms with van der Waals surface area (Å²) in [6.07, 6.45) is 3.64. The van der Waals surface area contributed by atoms with Crippen molar-refractivity contribution in [2.75, 3.05) is 27.2 Å². The molecule has 0 bridgehead atoms. The number of likely N-dealkylation sites (tertiary alicyclic amines) is 1. The van der Waals surface area contributed by atoms with Gasteiger partial charge in [0.15, 0.2) is 0 Å². The summed E-state index contributed by atoms with van der Waals surface area (Å²) in [6, 6.07) is 1.55. The average molecular weight is 213 g/mol. The molecule has 2 N–H and O–H groups in total. The van der Waals surface area contributed by atoms with Gasteiger partial charge in [-0.25, -0.2) is 0 Å². The van der Waals surface area contributed by atoms with E-state index in [1.807, 2.05) is 0 Å².